The van der Waals surface area contributed by atoms with Crippen LogP contribution < -0.4 is 5.73 Å². The Morgan fingerprint density at radius 1 is 1.29 bits per heavy atom. The van der Waals surface area contributed by atoms with Crippen LogP contribution in [0.25, 0.3) is 0 Å². The molecule has 0 amide bonds. The second-order valence-electron chi connectivity index (χ2n) is 3.78. The van der Waals surface area contributed by atoms with Gasteiger partial charge in [-0.3, -0.25) is 0 Å². The van der Waals surface area contributed by atoms with Crippen LogP contribution in [-0.2, 0) is 0 Å². The molecule has 0 fully saturated rings. The first-order chi connectivity index (χ1) is 6.54. The van der Waals surface area contributed by atoms with Crippen LogP contribution in [0.4, 0.5) is 0 Å². The summed E-state index contributed by atoms with van der Waals surface area (Å²) in [5.41, 5.74) is 6.71. The molecule has 0 spiro atoms. The fraction of sp³-hybridized carbons (Fsp3) is 0.455. The highest BCUT2D eigenvalue weighted by atomic mass is 35.5. The third-order valence-electron chi connectivity index (χ3n) is 2.32. The van der Waals surface area contributed by atoms with Gasteiger partial charge >= 0.3 is 0 Å². The molecule has 0 aliphatic carbocycles. The molecule has 0 heterocycles. The molecule has 0 bridgehead atoms. The first-order valence-corrected chi connectivity index (χ1v) is 5.10. The zero-order valence-corrected chi connectivity index (χ0v) is 9.20. The number of rotatable bonds is 3. The molecule has 78 valence electrons. The van der Waals surface area contributed by atoms with Crippen LogP contribution in [0.2, 0.25) is 5.02 Å². The van der Waals surface area contributed by atoms with Gasteiger partial charge in [0.05, 0.1) is 12.1 Å². The molecular formula is C11H16ClNO. The van der Waals surface area contributed by atoms with Crippen molar-refractivity contribution in [1.29, 1.82) is 0 Å². The third kappa shape index (κ3) is 2.47. The quantitative estimate of drug-likeness (QED) is 0.810. The number of nitrogens with two attached hydrogens (primary N) is 1. The van der Waals surface area contributed by atoms with Gasteiger partial charge in [-0.25, -0.2) is 0 Å². The van der Waals surface area contributed by atoms with Gasteiger partial charge in [0.1, 0.15) is 0 Å². The minimum Gasteiger partial charge on any atom is -0.391 e. The summed E-state index contributed by atoms with van der Waals surface area (Å²) in [6.07, 6.45) is -0.560. The monoisotopic (exact) mass is 213 g/mol. The van der Waals surface area contributed by atoms with E-state index in [9.17, 15) is 5.11 Å². The molecule has 1 aromatic carbocycles. The lowest BCUT2D eigenvalue weighted by atomic mass is 9.94. The van der Waals surface area contributed by atoms with E-state index in [2.05, 4.69) is 0 Å². The maximum Gasteiger partial charge on any atom is 0.0756 e. The Labute approximate surface area is 89.7 Å². The Balaban J connectivity index is 2.89. The lowest BCUT2D eigenvalue weighted by Gasteiger charge is -2.23. The molecule has 0 radical (unpaired) electrons. The van der Waals surface area contributed by atoms with E-state index in [4.69, 9.17) is 17.3 Å². The molecule has 3 N–H and O–H groups in total. The summed E-state index contributed by atoms with van der Waals surface area (Å²) in [4.78, 5) is 0. The van der Waals surface area contributed by atoms with E-state index in [1.807, 2.05) is 32.0 Å². The van der Waals surface area contributed by atoms with Crippen molar-refractivity contribution >= 4 is 11.6 Å². The van der Waals surface area contributed by atoms with Crippen molar-refractivity contribution in [1.82, 2.24) is 0 Å². The van der Waals surface area contributed by atoms with Crippen molar-refractivity contribution in [3.8, 4) is 0 Å². The maximum atomic E-state index is 9.79. The molecule has 2 nitrogen and oxygen atoms in total. The molecule has 0 aromatic heterocycles. The van der Waals surface area contributed by atoms with E-state index in [0.29, 0.717) is 5.02 Å². The van der Waals surface area contributed by atoms with Gasteiger partial charge in [-0.2, -0.15) is 0 Å². The lowest BCUT2D eigenvalue weighted by Crippen LogP contribution is -2.30. The number of halogens is 1. The van der Waals surface area contributed by atoms with E-state index < -0.39 is 12.1 Å². The first kappa shape index (κ1) is 11.5. The van der Waals surface area contributed by atoms with Crippen LogP contribution in [-0.4, -0.2) is 11.2 Å². The van der Waals surface area contributed by atoms with Gasteiger partial charge < -0.3 is 10.8 Å². The summed E-state index contributed by atoms with van der Waals surface area (Å²) in [6, 6.07) is 6.93. The summed E-state index contributed by atoms with van der Waals surface area (Å²) in [5.74, 6) is 0.126. The molecule has 0 saturated heterocycles. The van der Waals surface area contributed by atoms with Gasteiger partial charge in [0.25, 0.3) is 0 Å². The van der Waals surface area contributed by atoms with Crippen LogP contribution in [0.1, 0.15) is 25.5 Å². The van der Waals surface area contributed by atoms with Crippen molar-refractivity contribution in [3.63, 3.8) is 0 Å². The van der Waals surface area contributed by atoms with E-state index in [1.165, 1.54) is 0 Å². The molecule has 0 aliphatic rings. The summed E-state index contributed by atoms with van der Waals surface area (Å²) >= 11 is 5.98. The minimum absolute atomic E-state index is 0.126. The highest BCUT2D eigenvalue weighted by molar-refractivity contribution is 6.31. The zero-order valence-electron chi connectivity index (χ0n) is 8.44. The van der Waals surface area contributed by atoms with Crippen LogP contribution in [0.3, 0.4) is 0 Å². The molecular weight excluding hydrogens is 198 g/mol. The normalized spacial score (nSPS) is 15.6. The Morgan fingerprint density at radius 2 is 1.86 bits per heavy atom. The van der Waals surface area contributed by atoms with Crippen LogP contribution in [0, 0.1) is 5.92 Å². The summed E-state index contributed by atoms with van der Waals surface area (Å²) in [7, 11) is 0. The molecule has 0 saturated carbocycles. The Hall–Kier alpha value is -0.570. The molecule has 0 aliphatic heterocycles. The van der Waals surface area contributed by atoms with Gasteiger partial charge in [-0.15, -0.1) is 0 Å². The van der Waals surface area contributed by atoms with Crippen molar-refractivity contribution in [2.75, 3.05) is 0 Å². The number of benzene rings is 1. The van der Waals surface area contributed by atoms with Crippen molar-refractivity contribution in [2.24, 2.45) is 11.7 Å². The zero-order chi connectivity index (χ0) is 10.7. The Bertz CT molecular complexity index is 301. The molecule has 1 rings (SSSR count). The standard InChI is InChI=1S/C11H16ClNO/c1-7(2)11(14)10(13)8-5-3-4-6-9(8)12/h3-7,10-11,14H,13H2,1-2H3. The fourth-order valence-electron chi connectivity index (χ4n) is 1.34. The lowest BCUT2D eigenvalue weighted by molar-refractivity contribution is 0.0980. The number of aliphatic hydroxyl groups is 1. The van der Waals surface area contributed by atoms with E-state index in [0.717, 1.165) is 5.56 Å². The van der Waals surface area contributed by atoms with Gasteiger partial charge in [0.15, 0.2) is 0 Å². The second kappa shape index (κ2) is 4.78. The third-order valence-corrected chi connectivity index (χ3v) is 2.66. The van der Waals surface area contributed by atoms with Gasteiger partial charge in [-0.1, -0.05) is 43.6 Å². The topological polar surface area (TPSA) is 46.2 Å². The SMILES string of the molecule is CC(C)C(O)C(N)c1ccccc1Cl. The van der Waals surface area contributed by atoms with E-state index in [1.54, 1.807) is 6.07 Å². The molecule has 2 atom stereocenters. The summed E-state index contributed by atoms with van der Waals surface area (Å²) in [5, 5.41) is 10.4. The molecule has 2 unspecified atom stereocenters. The number of hydrogen-bond acceptors (Lipinski definition) is 2. The average molecular weight is 214 g/mol. The summed E-state index contributed by atoms with van der Waals surface area (Å²) < 4.78 is 0. The largest absolute Gasteiger partial charge is 0.391 e. The van der Waals surface area contributed by atoms with Gasteiger partial charge in [-0.05, 0) is 17.5 Å². The van der Waals surface area contributed by atoms with E-state index >= 15 is 0 Å². The summed E-state index contributed by atoms with van der Waals surface area (Å²) in [6.45, 7) is 3.86. The Kier molecular flexibility index (Phi) is 3.93. The average Bonchev–Trinajstić information content (AvgIpc) is 2.16. The molecule has 1 aromatic rings. The predicted octanol–water partition coefficient (Wildman–Crippen LogP) is 2.36. The van der Waals surface area contributed by atoms with Crippen molar-refractivity contribution in [2.45, 2.75) is 26.0 Å². The molecule has 14 heavy (non-hydrogen) atoms. The van der Waals surface area contributed by atoms with Crippen LogP contribution in [0.5, 0.6) is 0 Å². The smallest absolute Gasteiger partial charge is 0.0756 e. The molecule has 3 heteroatoms. The first-order valence-electron chi connectivity index (χ1n) is 4.72. The fourth-order valence-corrected chi connectivity index (χ4v) is 1.61. The highest BCUT2D eigenvalue weighted by Crippen LogP contribution is 2.25. The highest BCUT2D eigenvalue weighted by Gasteiger charge is 2.21. The predicted molar refractivity (Wildman–Crippen MR) is 59.2 cm³/mol. The van der Waals surface area contributed by atoms with Crippen molar-refractivity contribution < 1.29 is 5.11 Å². The maximum absolute atomic E-state index is 9.79. The van der Waals surface area contributed by atoms with E-state index in [-0.39, 0.29) is 5.92 Å². The second-order valence-corrected chi connectivity index (χ2v) is 4.19. The minimum atomic E-state index is -0.560. The van der Waals surface area contributed by atoms with Gasteiger partial charge in [0, 0.05) is 5.02 Å². The van der Waals surface area contributed by atoms with Gasteiger partial charge in [0.2, 0.25) is 0 Å². The number of aliphatic hydroxyl groups excluding tert-OH is 1. The Morgan fingerprint density at radius 3 is 2.36 bits per heavy atom. The van der Waals surface area contributed by atoms with Crippen LogP contribution >= 0.6 is 11.6 Å². The number of hydrogen-bond donors (Lipinski definition) is 2. The van der Waals surface area contributed by atoms with Crippen molar-refractivity contribution in [3.05, 3.63) is 34.9 Å². The van der Waals surface area contributed by atoms with Crippen LogP contribution in [0.15, 0.2) is 24.3 Å².